The monoisotopic (exact) mass is 264 g/mol. The highest BCUT2D eigenvalue weighted by atomic mass is 16.4. The first-order valence-electron chi connectivity index (χ1n) is 6.13. The number of hydrogen-bond acceptors (Lipinski definition) is 3. The first kappa shape index (κ1) is 15.4. The Kier molecular flexibility index (Phi) is 4.15. The van der Waals surface area contributed by atoms with Gasteiger partial charge in [0.25, 0.3) is 0 Å². The molecular formula is C15H20O4. The number of carbonyl (C=O) groups is 2. The van der Waals surface area contributed by atoms with Crippen LogP contribution in [-0.2, 0) is 9.59 Å². The topological polar surface area (TPSA) is 74.6 Å². The molecule has 19 heavy (non-hydrogen) atoms. The van der Waals surface area contributed by atoms with Gasteiger partial charge in [-0.25, -0.2) is 4.79 Å². The maximum atomic E-state index is 11.6. The van der Waals surface area contributed by atoms with Crippen LogP contribution >= 0.6 is 0 Å². The molecule has 0 fully saturated rings. The molecule has 0 unspecified atom stereocenters. The molecule has 0 bridgehead atoms. The van der Waals surface area contributed by atoms with Crippen molar-refractivity contribution in [3.05, 3.63) is 35.5 Å². The first-order valence-corrected chi connectivity index (χ1v) is 6.13. The largest absolute Gasteiger partial charge is 0.478 e. The van der Waals surface area contributed by atoms with Crippen molar-refractivity contribution in [1.82, 2.24) is 0 Å². The van der Waals surface area contributed by atoms with Crippen molar-refractivity contribution >= 4 is 11.8 Å². The molecule has 0 aliphatic heterocycles. The molecule has 1 rings (SSSR count). The minimum atomic E-state index is -1.24. The lowest BCUT2D eigenvalue weighted by molar-refractivity contribution is -0.131. The number of carbonyl (C=O) groups excluding carboxylic acids is 1. The van der Waals surface area contributed by atoms with Gasteiger partial charge in [0.1, 0.15) is 5.60 Å². The van der Waals surface area contributed by atoms with Crippen molar-refractivity contribution in [1.29, 1.82) is 0 Å². The van der Waals surface area contributed by atoms with E-state index in [1.54, 1.807) is 26.0 Å². The Bertz CT molecular complexity index is 494. The van der Waals surface area contributed by atoms with Crippen LogP contribution in [0.1, 0.15) is 34.1 Å². The summed E-state index contributed by atoms with van der Waals surface area (Å²) in [5.41, 5.74) is -0.758. The molecule has 0 saturated heterocycles. The van der Waals surface area contributed by atoms with E-state index in [0.29, 0.717) is 11.1 Å². The summed E-state index contributed by atoms with van der Waals surface area (Å²) in [7, 11) is 0. The highest BCUT2D eigenvalue weighted by Crippen LogP contribution is 2.44. The average Bonchev–Trinajstić information content (AvgIpc) is 2.21. The minimum absolute atomic E-state index is 0.00150. The molecule has 0 radical (unpaired) electrons. The molecule has 1 atom stereocenters. The predicted octanol–water partition coefficient (Wildman–Crippen LogP) is 2.25. The zero-order valence-corrected chi connectivity index (χ0v) is 11.7. The maximum Gasteiger partial charge on any atom is 0.328 e. The van der Waals surface area contributed by atoms with Crippen molar-refractivity contribution in [2.75, 3.05) is 0 Å². The van der Waals surface area contributed by atoms with Gasteiger partial charge in [-0.3, -0.25) is 4.79 Å². The quantitative estimate of drug-likeness (QED) is 0.605. The van der Waals surface area contributed by atoms with Gasteiger partial charge in [0.2, 0.25) is 0 Å². The van der Waals surface area contributed by atoms with E-state index in [2.05, 4.69) is 0 Å². The second-order valence-electron chi connectivity index (χ2n) is 5.68. The average molecular weight is 264 g/mol. The van der Waals surface area contributed by atoms with E-state index in [1.165, 1.54) is 6.08 Å². The summed E-state index contributed by atoms with van der Waals surface area (Å²) in [4.78, 5) is 22.1. The first-order chi connectivity index (χ1) is 8.58. The Hall–Kier alpha value is -1.68. The van der Waals surface area contributed by atoms with Crippen molar-refractivity contribution in [2.45, 2.75) is 39.7 Å². The summed E-state index contributed by atoms with van der Waals surface area (Å²) >= 11 is 0. The fourth-order valence-electron chi connectivity index (χ4n) is 2.36. The summed E-state index contributed by atoms with van der Waals surface area (Å²) < 4.78 is 0. The van der Waals surface area contributed by atoms with Gasteiger partial charge in [0.15, 0.2) is 5.78 Å². The Balaban J connectivity index is 3.15. The summed E-state index contributed by atoms with van der Waals surface area (Å²) in [6.07, 6.45) is 5.92. The SMILES string of the molecule is CC1=CC(=O)CC(C)(C)[C@]1(O)/C=C\C(C)=C/C(=O)O. The molecule has 0 aromatic carbocycles. The fraction of sp³-hybridized carbons (Fsp3) is 0.467. The Morgan fingerprint density at radius 1 is 1.42 bits per heavy atom. The summed E-state index contributed by atoms with van der Waals surface area (Å²) in [6, 6.07) is 0. The number of aliphatic hydroxyl groups is 1. The van der Waals surface area contributed by atoms with E-state index in [1.807, 2.05) is 13.8 Å². The minimum Gasteiger partial charge on any atom is -0.478 e. The lowest BCUT2D eigenvalue weighted by Gasteiger charge is -2.43. The number of aliphatic carboxylic acids is 1. The Morgan fingerprint density at radius 2 is 2.00 bits per heavy atom. The lowest BCUT2D eigenvalue weighted by Crippen LogP contribution is -2.48. The zero-order valence-electron chi connectivity index (χ0n) is 11.7. The van der Waals surface area contributed by atoms with E-state index < -0.39 is 17.0 Å². The number of carboxylic acids is 1. The van der Waals surface area contributed by atoms with Crippen LogP contribution in [0.3, 0.4) is 0 Å². The van der Waals surface area contributed by atoms with E-state index in [9.17, 15) is 14.7 Å². The summed E-state index contributed by atoms with van der Waals surface area (Å²) in [5.74, 6) is -1.03. The Morgan fingerprint density at radius 3 is 2.47 bits per heavy atom. The third-order valence-electron chi connectivity index (χ3n) is 3.57. The number of carboxylic acid groups (broad SMARTS) is 1. The van der Waals surface area contributed by atoms with Crippen molar-refractivity contribution in [3.8, 4) is 0 Å². The normalized spacial score (nSPS) is 27.5. The van der Waals surface area contributed by atoms with Gasteiger partial charge in [-0.05, 0) is 37.1 Å². The van der Waals surface area contributed by atoms with Gasteiger partial charge < -0.3 is 10.2 Å². The van der Waals surface area contributed by atoms with Crippen LogP contribution in [0, 0.1) is 5.41 Å². The summed E-state index contributed by atoms with van der Waals surface area (Å²) in [6.45, 7) is 7.00. The van der Waals surface area contributed by atoms with E-state index in [0.717, 1.165) is 6.08 Å². The number of hydrogen-bond donors (Lipinski definition) is 2. The molecule has 0 amide bonds. The number of ketones is 1. The van der Waals surface area contributed by atoms with Gasteiger partial charge in [0.05, 0.1) is 0 Å². The van der Waals surface area contributed by atoms with Gasteiger partial charge >= 0.3 is 5.97 Å². The molecular weight excluding hydrogens is 244 g/mol. The molecule has 104 valence electrons. The highest BCUT2D eigenvalue weighted by Gasteiger charge is 2.46. The van der Waals surface area contributed by atoms with Crippen molar-refractivity contribution in [3.63, 3.8) is 0 Å². The van der Waals surface area contributed by atoms with Gasteiger partial charge in [-0.1, -0.05) is 19.9 Å². The molecule has 1 aliphatic rings. The number of rotatable bonds is 3. The van der Waals surface area contributed by atoms with Crippen LogP contribution in [0.5, 0.6) is 0 Å². The van der Waals surface area contributed by atoms with Gasteiger partial charge in [0, 0.05) is 17.9 Å². The molecule has 4 heteroatoms. The highest BCUT2D eigenvalue weighted by molar-refractivity contribution is 5.92. The van der Waals surface area contributed by atoms with Crippen molar-refractivity contribution in [2.24, 2.45) is 5.41 Å². The number of allylic oxidation sites excluding steroid dienone is 3. The fourth-order valence-corrected chi connectivity index (χ4v) is 2.36. The van der Waals surface area contributed by atoms with Crippen LogP contribution in [0.2, 0.25) is 0 Å². The molecule has 0 aromatic heterocycles. The molecule has 0 heterocycles. The van der Waals surface area contributed by atoms with Crippen LogP contribution in [-0.4, -0.2) is 27.6 Å². The second-order valence-corrected chi connectivity index (χ2v) is 5.68. The molecule has 4 nitrogen and oxygen atoms in total. The second kappa shape index (κ2) is 5.13. The van der Waals surface area contributed by atoms with Crippen LogP contribution < -0.4 is 0 Å². The smallest absolute Gasteiger partial charge is 0.328 e. The predicted molar refractivity (Wildman–Crippen MR) is 72.6 cm³/mol. The van der Waals surface area contributed by atoms with E-state index in [-0.39, 0.29) is 12.2 Å². The van der Waals surface area contributed by atoms with Gasteiger partial charge in [-0.15, -0.1) is 0 Å². The molecule has 1 aliphatic carbocycles. The maximum absolute atomic E-state index is 11.6. The molecule has 0 spiro atoms. The third-order valence-corrected chi connectivity index (χ3v) is 3.57. The lowest BCUT2D eigenvalue weighted by atomic mass is 9.64. The molecule has 0 saturated carbocycles. The third kappa shape index (κ3) is 3.20. The Labute approximate surface area is 113 Å². The summed E-state index contributed by atoms with van der Waals surface area (Å²) in [5, 5.41) is 19.4. The van der Waals surface area contributed by atoms with Gasteiger partial charge in [-0.2, -0.15) is 0 Å². The molecule has 2 N–H and O–H groups in total. The van der Waals surface area contributed by atoms with E-state index in [4.69, 9.17) is 5.11 Å². The van der Waals surface area contributed by atoms with Crippen molar-refractivity contribution < 1.29 is 19.8 Å². The van der Waals surface area contributed by atoms with Crippen LogP contribution in [0.15, 0.2) is 35.5 Å². The molecule has 0 aromatic rings. The van der Waals surface area contributed by atoms with Crippen LogP contribution in [0.25, 0.3) is 0 Å². The zero-order chi connectivity index (χ0) is 14.8. The van der Waals surface area contributed by atoms with Crippen LogP contribution in [0.4, 0.5) is 0 Å². The van der Waals surface area contributed by atoms with E-state index >= 15 is 0 Å². The standard InChI is InChI=1S/C15H20O4/c1-10(7-13(17)18)5-6-15(19)11(2)8-12(16)9-14(15,3)4/h5-8,19H,9H2,1-4H3,(H,17,18)/b6-5-,10-7-/t15-/m0/s1.